The van der Waals surface area contributed by atoms with Gasteiger partial charge in [0.05, 0.1) is 22.3 Å². The average Bonchev–Trinajstić information content (AvgIpc) is 3.29. The molecule has 2 unspecified atom stereocenters. The van der Waals surface area contributed by atoms with Crippen molar-refractivity contribution in [2.75, 3.05) is 0 Å². The summed E-state index contributed by atoms with van der Waals surface area (Å²) in [7, 11) is 0. The second kappa shape index (κ2) is 10.3. The molecular weight excluding hydrogens is 473 g/mol. The maximum absolute atomic E-state index is 13.6. The Morgan fingerprint density at radius 3 is 2.54 bits per heavy atom. The van der Waals surface area contributed by atoms with Gasteiger partial charge in [0, 0.05) is 24.3 Å². The van der Waals surface area contributed by atoms with Crippen molar-refractivity contribution in [1.29, 1.82) is 0 Å². The number of hydrogen-bond acceptors (Lipinski definition) is 5. The average molecular weight is 500 g/mol. The second-order valence-electron chi connectivity index (χ2n) is 9.18. The van der Waals surface area contributed by atoms with E-state index in [4.69, 9.17) is 14.9 Å². The lowest BCUT2D eigenvalue weighted by Crippen LogP contribution is -2.24. The molecule has 0 amide bonds. The van der Waals surface area contributed by atoms with Gasteiger partial charge in [-0.2, -0.15) is 0 Å². The van der Waals surface area contributed by atoms with E-state index in [1.54, 1.807) is 6.07 Å². The highest BCUT2D eigenvalue weighted by molar-refractivity contribution is 6.05. The summed E-state index contributed by atoms with van der Waals surface area (Å²) >= 11 is 0. The van der Waals surface area contributed by atoms with E-state index < -0.39 is 11.8 Å². The van der Waals surface area contributed by atoms with Crippen molar-refractivity contribution in [3.05, 3.63) is 106 Å². The molecule has 0 saturated carbocycles. The number of hydrogen-bond donors (Lipinski definition) is 1. The molecule has 0 radical (unpaired) electrons. The van der Waals surface area contributed by atoms with Crippen LogP contribution in [0.1, 0.15) is 49.2 Å². The zero-order valence-corrected chi connectivity index (χ0v) is 20.3. The number of halogens is 1. The van der Waals surface area contributed by atoms with Crippen LogP contribution in [0.15, 0.2) is 82.7 Å². The van der Waals surface area contributed by atoms with Gasteiger partial charge in [-0.1, -0.05) is 48.5 Å². The van der Waals surface area contributed by atoms with E-state index in [1.165, 1.54) is 28.8 Å². The number of oxime groups is 1. The van der Waals surface area contributed by atoms with Crippen molar-refractivity contribution in [3.63, 3.8) is 0 Å². The Kier molecular flexibility index (Phi) is 6.81. The molecule has 7 nitrogen and oxygen atoms in total. The third-order valence-corrected chi connectivity index (χ3v) is 6.64. The first-order valence-corrected chi connectivity index (χ1v) is 12.2. The lowest BCUT2D eigenvalue weighted by molar-refractivity contribution is -0.137. The summed E-state index contributed by atoms with van der Waals surface area (Å²) in [6, 6.07) is 21.0. The summed E-state index contributed by atoms with van der Waals surface area (Å²) < 4.78 is 15.0. The van der Waals surface area contributed by atoms with Gasteiger partial charge in [0.1, 0.15) is 11.6 Å². The molecule has 37 heavy (non-hydrogen) atoms. The standard InChI is InChI=1S/C29H26FN3O4/c1-18-27(32-37-28(18)19-7-3-2-4-8-19)20-11-16-23-24(17-20)31-25(9-5-6-10-26(34)35)33(29(23)36)22-14-12-21(30)13-15-22/h2-4,7-8,11-18,28H,5-6,9-10H2,1H3,(H,34,35). The number of rotatable bonds is 8. The van der Waals surface area contributed by atoms with Gasteiger partial charge in [-0.3, -0.25) is 14.2 Å². The van der Waals surface area contributed by atoms with E-state index in [-0.39, 0.29) is 24.0 Å². The highest BCUT2D eigenvalue weighted by Gasteiger charge is 2.32. The van der Waals surface area contributed by atoms with Gasteiger partial charge in [-0.15, -0.1) is 0 Å². The van der Waals surface area contributed by atoms with Crippen molar-refractivity contribution in [2.45, 2.75) is 38.7 Å². The zero-order chi connectivity index (χ0) is 25.9. The van der Waals surface area contributed by atoms with Gasteiger partial charge < -0.3 is 9.94 Å². The minimum absolute atomic E-state index is 0.00470. The zero-order valence-electron chi connectivity index (χ0n) is 20.3. The summed E-state index contributed by atoms with van der Waals surface area (Å²) in [5, 5.41) is 13.8. The number of nitrogens with zero attached hydrogens (tertiary/aromatic N) is 3. The van der Waals surface area contributed by atoms with Crippen LogP contribution in [0.2, 0.25) is 0 Å². The Morgan fingerprint density at radius 1 is 1.05 bits per heavy atom. The lowest BCUT2D eigenvalue weighted by atomic mass is 9.90. The Bertz CT molecular complexity index is 1530. The maximum Gasteiger partial charge on any atom is 0.303 e. The van der Waals surface area contributed by atoms with E-state index in [2.05, 4.69) is 12.1 Å². The molecule has 8 heteroatoms. The summed E-state index contributed by atoms with van der Waals surface area (Å²) in [6.07, 6.45) is 1.24. The number of unbranched alkanes of at least 4 members (excludes halogenated alkanes) is 1. The highest BCUT2D eigenvalue weighted by Crippen LogP contribution is 2.35. The molecule has 0 saturated heterocycles. The number of aryl methyl sites for hydroxylation is 1. The van der Waals surface area contributed by atoms with Crippen molar-refractivity contribution in [1.82, 2.24) is 9.55 Å². The van der Waals surface area contributed by atoms with Crippen LogP contribution in [-0.4, -0.2) is 26.3 Å². The first kappa shape index (κ1) is 24.4. The number of carboxylic acid groups (broad SMARTS) is 1. The molecule has 1 aliphatic heterocycles. The molecular formula is C29H26FN3O4. The monoisotopic (exact) mass is 499 g/mol. The van der Waals surface area contributed by atoms with Crippen LogP contribution in [0.3, 0.4) is 0 Å². The van der Waals surface area contributed by atoms with E-state index in [9.17, 15) is 14.0 Å². The SMILES string of the molecule is CC1C(c2ccc3c(=O)n(-c4ccc(F)cc4)c(CCCCC(=O)O)nc3c2)=NOC1c1ccccc1. The van der Waals surface area contributed by atoms with Gasteiger partial charge in [-0.05, 0) is 54.8 Å². The normalized spacial score (nSPS) is 17.0. The minimum Gasteiger partial charge on any atom is -0.481 e. The largest absolute Gasteiger partial charge is 0.481 e. The number of aromatic nitrogens is 2. The van der Waals surface area contributed by atoms with Crippen LogP contribution >= 0.6 is 0 Å². The molecule has 4 aromatic rings. The second-order valence-corrected chi connectivity index (χ2v) is 9.18. The van der Waals surface area contributed by atoms with Gasteiger partial charge >= 0.3 is 5.97 Å². The van der Waals surface area contributed by atoms with Crippen molar-refractivity contribution < 1.29 is 19.1 Å². The Morgan fingerprint density at radius 2 is 1.81 bits per heavy atom. The van der Waals surface area contributed by atoms with E-state index in [0.717, 1.165) is 16.8 Å². The Hall–Kier alpha value is -4.33. The summed E-state index contributed by atoms with van der Waals surface area (Å²) in [4.78, 5) is 35.1. The van der Waals surface area contributed by atoms with E-state index >= 15 is 0 Å². The van der Waals surface area contributed by atoms with Crippen molar-refractivity contribution in [3.8, 4) is 5.69 Å². The van der Waals surface area contributed by atoms with Gasteiger partial charge in [0.15, 0.2) is 6.10 Å². The molecule has 5 rings (SSSR count). The summed E-state index contributed by atoms with van der Waals surface area (Å²) in [5.41, 5.74) is 3.40. The molecule has 1 aliphatic rings. The van der Waals surface area contributed by atoms with Crippen LogP contribution in [0.4, 0.5) is 4.39 Å². The molecule has 0 spiro atoms. The highest BCUT2D eigenvalue weighted by atomic mass is 19.1. The summed E-state index contributed by atoms with van der Waals surface area (Å²) in [5.74, 6) is -0.781. The Labute approximate surface area is 212 Å². The van der Waals surface area contributed by atoms with Crippen molar-refractivity contribution in [2.24, 2.45) is 11.1 Å². The molecule has 0 bridgehead atoms. The van der Waals surface area contributed by atoms with Crippen LogP contribution in [0, 0.1) is 11.7 Å². The quantitative estimate of drug-likeness (QED) is 0.326. The first-order chi connectivity index (χ1) is 17.9. The number of aliphatic carboxylic acids is 1. The fourth-order valence-corrected chi connectivity index (χ4v) is 4.71. The van der Waals surface area contributed by atoms with Gasteiger partial charge in [0.2, 0.25) is 0 Å². The lowest BCUT2D eigenvalue weighted by Gasteiger charge is -2.16. The van der Waals surface area contributed by atoms with Gasteiger partial charge in [0.25, 0.3) is 5.56 Å². The predicted octanol–water partition coefficient (Wildman–Crippen LogP) is 5.43. The molecule has 2 atom stereocenters. The van der Waals surface area contributed by atoms with Crippen LogP contribution < -0.4 is 5.56 Å². The predicted molar refractivity (Wildman–Crippen MR) is 138 cm³/mol. The molecule has 188 valence electrons. The molecule has 0 fully saturated rings. The fourth-order valence-electron chi connectivity index (χ4n) is 4.71. The molecule has 1 aromatic heterocycles. The molecule has 1 N–H and O–H groups in total. The number of benzene rings is 3. The summed E-state index contributed by atoms with van der Waals surface area (Å²) in [6.45, 7) is 2.06. The number of carboxylic acids is 1. The topological polar surface area (TPSA) is 93.8 Å². The maximum atomic E-state index is 13.6. The molecule has 3 aromatic carbocycles. The van der Waals surface area contributed by atoms with E-state index in [1.807, 2.05) is 42.5 Å². The Balaban J connectivity index is 1.52. The molecule has 0 aliphatic carbocycles. The van der Waals surface area contributed by atoms with Crippen LogP contribution in [-0.2, 0) is 16.1 Å². The smallest absolute Gasteiger partial charge is 0.303 e. The number of fused-ring (bicyclic) bond motifs is 1. The van der Waals surface area contributed by atoms with E-state index in [0.29, 0.717) is 41.7 Å². The third-order valence-electron chi connectivity index (χ3n) is 6.64. The van der Waals surface area contributed by atoms with Crippen molar-refractivity contribution >= 4 is 22.6 Å². The molecule has 2 heterocycles. The van der Waals surface area contributed by atoms with Crippen LogP contribution in [0.5, 0.6) is 0 Å². The fraction of sp³-hybridized carbons (Fsp3) is 0.241. The van der Waals surface area contributed by atoms with Gasteiger partial charge in [-0.25, -0.2) is 9.37 Å². The van der Waals surface area contributed by atoms with Crippen LogP contribution in [0.25, 0.3) is 16.6 Å². The first-order valence-electron chi connectivity index (χ1n) is 12.2. The third kappa shape index (κ3) is 5.00. The minimum atomic E-state index is -0.866. The number of carbonyl (C=O) groups is 1.